The van der Waals surface area contributed by atoms with Gasteiger partial charge in [0.05, 0.1) is 5.92 Å². The van der Waals surface area contributed by atoms with Crippen LogP contribution in [0.5, 0.6) is 0 Å². The molecule has 1 aliphatic heterocycles. The van der Waals surface area contributed by atoms with Crippen LogP contribution in [0.2, 0.25) is 0 Å². The fraction of sp³-hybridized carbons (Fsp3) is 0.364. The Hall–Kier alpha value is -3.06. The highest BCUT2D eigenvalue weighted by Gasteiger charge is 2.35. The number of carbonyl (C=O) groups is 1. The highest BCUT2D eigenvalue weighted by Crippen LogP contribution is 2.33. The highest BCUT2D eigenvalue weighted by atomic mass is 16.5. The predicted molar refractivity (Wildman–Crippen MR) is 110 cm³/mol. The number of amides is 1. The molecule has 3 aromatic rings. The third-order valence-corrected chi connectivity index (χ3v) is 5.14. The molecule has 150 valence electrons. The van der Waals surface area contributed by atoms with Gasteiger partial charge in [-0.25, -0.2) is 15.0 Å². The third-order valence-electron chi connectivity index (χ3n) is 5.14. The van der Waals surface area contributed by atoms with Gasteiger partial charge in [0.2, 0.25) is 5.91 Å². The summed E-state index contributed by atoms with van der Waals surface area (Å²) in [5.74, 6) is 1.49. The molecule has 1 saturated heterocycles. The van der Waals surface area contributed by atoms with Crippen LogP contribution in [-0.4, -0.2) is 32.0 Å². The van der Waals surface area contributed by atoms with E-state index in [0.29, 0.717) is 18.2 Å². The number of imidazole rings is 1. The molecule has 0 saturated carbocycles. The number of hydrogen-bond acceptors (Lipinski definition) is 5. The molecule has 0 aliphatic carbocycles. The Bertz CT molecular complexity index is 986. The van der Waals surface area contributed by atoms with Gasteiger partial charge in [0.25, 0.3) is 0 Å². The van der Waals surface area contributed by atoms with Crippen molar-refractivity contribution in [2.75, 3.05) is 11.9 Å². The second-order valence-corrected chi connectivity index (χ2v) is 7.19. The van der Waals surface area contributed by atoms with Crippen molar-refractivity contribution in [3.05, 3.63) is 60.3 Å². The van der Waals surface area contributed by atoms with Crippen molar-refractivity contribution in [2.45, 2.75) is 39.3 Å². The molecule has 2 atom stereocenters. The van der Waals surface area contributed by atoms with E-state index in [-0.39, 0.29) is 17.9 Å². The molecule has 1 amide bonds. The number of anilines is 1. The van der Waals surface area contributed by atoms with Crippen molar-refractivity contribution in [2.24, 2.45) is 5.92 Å². The van der Waals surface area contributed by atoms with Gasteiger partial charge in [0.15, 0.2) is 5.82 Å². The second kappa shape index (κ2) is 8.53. The van der Waals surface area contributed by atoms with E-state index in [1.54, 1.807) is 12.3 Å². The fourth-order valence-corrected chi connectivity index (χ4v) is 3.72. The van der Waals surface area contributed by atoms with E-state index < -0.39 is 0 Å². The molecule has 2 aromatic heterocycles. The molecule has 0 spiro atoms. The average molecular weight is 391 g/mol. The van der Waals surface area contributed by atoms with Crippen molar-refractivity contribution < 1.29 is 9.53 Å². The molecule has 0 unspecified atom stereocenters. The molecule has 0 bridgehead atoms. The summed E-state index contributed by atoms with van der Waals surface area (Å²) in [6, 6.07) is 11.5. The number of benzene rings is 1. The minimum atomic E-state index is -0.352. The van der Waals surface area contributed by atoms with Gasteiger partial charge < -0.3 is 14.6 Å². The first-order chi connectivity index (χ1) is 14.2. The third kappa shape index (κ3) is 4.19. The number of aryl methyl sites for hydroxylation is 2. The van der Waals surface area contributed by atoms with E-state index in [2.05, 4.69) is 27.2 Å². The van der Waals surface area contributed by atoms with Crippen LogP contribution in [0.25, 0.3) is 11.4 Å². The molecule has 1 aromatic carbocycles. The SMILES string of the molecule is CCn1ccnc1[C@@H]1OCCC[C@H]1C(=O)Nc1cc(C)nc(-c2ccccc2)n1. The van der Waals surface area contributed by atoms with E-state index in [1.807, 2.05) is 48.0 Å². The molecule has 1 N–H and O–H groups in total. The molecule has 29 heavy (non-hydrogen) atoms. The standard InChI is InChI=1S/C22H25N5O2/c1-3-27-12-11-23-21(27)19-17(10-7-13-29-19)22(28)26-18-14-15(2)24-20(25-18)16-8-5-4-6-9-16/h4-6,8-9,11-12,14,17,19H,3,7,10,13H2,1-2H3,(H,24,25,26,28)/t17-,19-/m1/s1. The smallest absolute Gasteiger partial charge is 0.231 e. The zero-order valence-electron chi connectivity index (χ0n) is 16.7. The maximum atomic E-state index is 13.1. The Kier molecular flexibility index (Phi) is 5.67. The van der Waals surface area contributed by atoms with E-state index >= 15 is 0 Å². The Balaban J connectivity index is 1.57. The van der Waals surface area contributed by atoms with Gasteiger partial charge in [-0.2, -0.15) is 0 Å². The lowest BCUT2D eigenvalue weighted by Gasteiger charge is -2.30. The van der Waals surface area contributed by atoms with Crippen LogP contribution in [0, 0.1) is 12.8 Å². The largest absolute Gasteiger partial charge is 0.369 e. The summed E-state index contributed by atoms with van der Waals surface area (Å²) in [6.07, 6.45) is 4.92. The van der Waals surface area contributed by atoms with E-state index in [0.717, 1.165) is 36.5 Å². The number of rotatable bonds is 5. The number of hydrogen-bond donors (Lipinski definition) is 1. The number of carbonyl (C=O) groups excluding carboxylic acids is 1. The molecular formula is C22H25N5O2. The van der Waals surface area contributed by atoms with Crippen LogP contribution in [0.1, 0.15) is 37.4 Å². The van der Waals surface area contributed by atoms with Gasteiger partial charge in [-0.05, 0) is 26.7 Å². The second-order valence-electron chi connectivity index (χ2n) is 7.19. The van der Waals surface area contributed by atoms with Crippen molar-refractivity contribution in [3.63, 3.8) is 0 Å². The number of nitrogens with zero attached hydrogens (tertiary/aromatic N) is 4. The van der Waals surface area contributed by atoms with Crippen molar-refractivity contribution in [1.82, 2.24) is 19.5 Å². The van der Waals surface area contributed by atoms with Crippen LogP contribution in [0.15, 0.2) is 48.8 Å². The topological polar surface area (TPSA) is 81.9 Å². The maximum absolute atomic E-state index is 13.1. The van der Waals surface area contributed by atoms with E-state index in [9.17, 15) is 4.79 Å². The lowest BCUT2D eigenvalue weighted by Crippen LogP contribution is -2.34. The first kappa shape index (κ1) is 19.3. The zero-order chi connectivity index (χ0) is 20.2. The molecule has 1 aliphatic rings. The molecule has 3 heterocycles. The Labute approximate surface area is 170 Å². The monoisotopic (exact) mass is 391 g/mol. The zero-order valence-corrected chi connectivity index (χ0v) is 16.7. The van der Waals surface area contributed by atoms with Crippen LogP contribution in [0.3, 0.4) is 0 Å². The summed E-state index contributed by atoms with van der Waals surface area (Å²) in [5, 5.41) is 2.98. The number of nitrogens with one attached hydrogen (secondary N) is 1. The minimum Gasteiger partial charge on any atom is -0.369 e. The lowest BCUT2D eigenvalue weighted by atomic mass is 9.92. The van der Waals surface area contributed by atoms with E-state index in [1.165, 1.54) is 0 Å². The van der Waals surface area contributed by atoms with Gasteiger partial charge >= 0.3 is 0 Å². The normalized spacial score (nSPS) is 19.1. The number of ether oxygens (including phenoxy) is 1. The Morgan fingerprint density at radius 1 is 1.28 bits per heavy atom. The van der Waals surface area contributed by atoms with Crippen molar-refractivity contribution in [3.8, 4) is 11.4 Å². The summed E-state index contributed by atoms with van der Waals surface area (Å²) < 4.78 is 8.00. The maximum Gasteiger partial charge on any atom is 0.231 e. The first-order valence-corrected chi connectivity index (χ1v) is 10.0. The summed E-state index contributed by atoms with van der Waals surface area (Å²) >= 11 is 0. The number of aromatic nitrogens is 4. The highest BCUT2D eigenvalue weighted by molar-refractivity contribution is 5.92. The average Bonchev–Trinajstić information content (AvgIpc) is 3.22. The van der Waals surface area contributed by atoms with Gasteiger partial charge in [-0.1, -0.05) is 30.3 Å². The van der Waals surface area contributed by atoms with Gasteiger partial charge in [0.1, 0.15) is 17.7 Å². The van der Waals surface area contributed by atoms with Crippen molar-refractivity contribution >= 4 is 11.7 Å². The van der Waals surface area contributed by atoms with Crippen LogP contribution >= 0.6 is 0 Å². The quantitative estimate of drug-likeness (QED) is 0.716. The van der Waals surface area contributed by atoms with E-state index in [4.69, 9.17) is 4.74 Å². The minimum absolute atomic E-state index is 0.0996. The van der Waals surface area contributed by atoms with Gasteiger partial charge in [-0.15, -0.1) is 0 Å². The molecular weight excluding hydrogens is 366 g/mol. The Morgan fingerprint density at radius 3 is 2.90 bits per heavy atom. The fourth-order valence-electron chi connectivity index (χ4n) is 3.72. The molecule has 7 nitrogen and oxygen atoms in total. The van der Waals surface area contributed by atoms with Crippen LogP contribution < -0.4 is 5.32 Å². The first-order valence-electron chi connectivity index (χ1n) is 10.0. The molecule has 1 fully saturated rings. The molecule has 0 radical (unpaired) electrons. The lowest BCUT2D eigenvalue weighted by molar-refractivity contribution is -0.130. The van der Waals surface area contributed by atoms with Gasteiger partial charge in [-0.3, -0.25) is 4.79 Å². The molecule has 4 rings (SSSR count). The molecule has 7 heteroatoms. The van der Waals surface area contributed by atoms with Gasteiger partial charge in [0, 0.05) is 42.9 Å². The summed E-state index contributed by atoms with van der Waals surface area (Å²) in [7, 11) is 0. The van der Waals surface area contributed by atoms with Crippen LogP contribution in [0.4, 0.5) is 5.82 Å². The summed E-state index contributed by atoms with van der Waals surface area (Å²) in [5.41, 5.74) is 1.71. The Morgan fingerprint density at radius 2 is 2.10 bits per heavy atom. The van der Waals surface area contributed by atoms with Crippen LogP contribution in [-0.2, 0) is 16.1 Å². The predicted octanol–water partition coefficient (Wildman–Crippen LogP) is 3.77. The summed E-state index contributed by atoms with van der Waals surface area (Å²) in [4.78, 5) is 26.7. The summed E-state index contributed by atoms with van der Waals surface area (Å²) in [6.45, 7) is 5.37. The van der Waals surface area contributed by atoms with Crippen molar-refractivity contribution in [1.29, 1.82) is 0 Å².